The molecule has 2 rings (SSSR count). The first-order valence-electron chi connectivity index (χ1n) is 8.01. The van der Waals surface area contributed by atoms with Crippen molar-refractivity contribution < 1.29 is 0 Å². The first-order chi connectivity index (χ1) is 8.92. The van der Waals surface area contributed by atoms with Crippen LogP contribution in [0.5, 0.6) is 0 Å². The lowest BCUT2D eigenvalue weighted by Crippen LogP contribution is -2.06. The lowest BCUT2D eigenvalue weighted by molar-refractivity contribution is 0.603. The fourth-order valence-corrected chi connectivity index (χ4v) is 3.19. The van der Waals surface area contributed by atoms with Crippen LogP contribution in [0.25, 0.3) is 0 Å². The molecule has 0 spiro atoms. The van der Waals surface area contributed by atoms with Crippen molar-refractivity contribution in [2.45, 2.75) is 77.6 Å². The Balaban J connectivity index is 1.79. The molecule has 0 N–H and O–H groups in total. The summed E-state index contributed by atoms with van der Waals surface area (Å²) in [5, 5.41) is 0. The molecule has 1 aromatic rings. The Morgan fingerprint density at radius 2 is 1.67 bits per heavy atom. The van der Waals surface area contributed by atoms with Crippen LogP contribution in [0.1, 0.15) is 75.0 Å². The summed E-state index contributed by atoms with van der Waals surface area (Å²) in [6.07, 6.45) is 15.2. The van der Waals surface area contributed by atoms with E-state index in [1.807, 2.05) is 0 Å². The molecule has 0 fully saturated rings. The smallest absolute Gasteiger partial charge is 0.0273 e. The van der Waals surface area contributed by atoms with Crippen LogP contribution in [0.3, 0.4) is 0 Å². The summed E-state index contributed by atoms with van der Waals surface area (Å²) in [5.74, 6) is 0. The van der Waals surface area contributed by atoms with Gasteiger partial charge in [0.2, 0.25) is 0 Å². The molecule has 0 unspecified atom stereocenters. The lowest BCUT2D eigenvalue weighted by Gasteiger charge is -2.19. The van der Waals surface area contributed by atoms with Gasteiger partial charge in [0.25, 0.3) is 0 Å². The second-order valence-electron chi connectivity index (χ2n) is 5.78. The van der Waals surface area contributed by atoms with Crippen molar-refractivity contribution in [1.82, 2.24) is 0 Å². The standard InChI is InChI=1S/C18H28/c1-2-3-4-5-6-7-11-16-13-10-14-17-12-8-9-15-18(16)17/h10,13-14H,2-9,11-12,15H2,1H3. The van der Waals surface area contributed by atoms with Crippen molar-refractivity contribution in [1.29, 1.82) is 0 Å². The minimum absolute atomic E-state index is 1.31. The largest absolute Gasteiger partial charge is 0.0654 e. The summed E-state index contributed by atoms with van der Waals surface area (Å²) < 4.78 is 0. The Morgan fingerprint density at radius 3 is 2.56 bits per heavy atom. The van der Waals surface area contributed by atoms with E-state index in [1.54, 1.807) is 16.7 Å². The molecular weight excluding hydrogens is 216 g/mol. The van der Waals surface area contributed by atoms with Gasteiger partial charge >= 0.3 is 0 Å². The number of rotatable bonds is 7. The second-order valence-corrected chi connectivity index (χ2v) is 5.78. The van der Waals surface area contributed by atoms with Gasteiger partial charge in [-0.2, -0.15) is 0 Å². The third kappa shape index (κ3) is 3.86. The van der Waals surface area contributed by atoms with Gasteiger partial charge in [-0.15, -0.1) is 0 Å². The zero-order chi connectivity index (χ0) is 12.6. The summed E-state index contributed by atoms with van der Waals surface area (Å²) in [6.45, 7) is 2.29. The number of aryl methyl sites for hydroxylation is 2. The maximum Gasteiger partial charge on any atom is -0.0273 e. The highest BCUT2D eigenvalue weighted by molar-refractivity contribution is 5.37. The van der Waals surface area contributed by atoms with E-state index in [1.165, 1.54) is 70.6 Å². The van der Waals surface area contributed by atoms with Gasteiger partial charge in [-0.1, -0.05) is 57.2 Å². The molecule has 0 radical (unpaired) electrons. The van der Waals surface area contributed by atoms with Gasteiger partial charge in [0, 0.05) is 0 Å². The Hall–Kier alpha value is -0.780. The molecule has 0 heterocycles. The van der Waals surface area contributed by atoms with Crippen molar-refractivity contribution in [2.75, 3.05) is 0 Å². The molecule has 0 amide bonds. The van der Waals surface area contributed by atoms with Gasteiger partial charge in [-0.05, 0) is 55.2 Å². The first-order valence-corrected chi connectivity index (χ1v) is 8.01. The first kappa shape index (κ1) is 13.6. The maximum absolute atomic E-state index is 2.37. The van der Waals surface area contributed by atoms with E-state index in [2.05, 4.69) is 25.1 Å². The third-order valence-corrected chi connectivity index (χ3v) is 4.29. The van der Waals surface area contributed by atoms with E-state index < -0.39 is 0 Å². The Morgan fingerprint density at radius 1 is 0.889 bits per heavy atom. The summed E-state index contributed by atoms with van der Waals surface area (Å²) >= 11 is 0. The third-order valence-electron chi connectivity index (χ3n) is 4.29. The maximum atomic E-state index is 2.37. The fourth-order valence-electron chi connectivity index (χ4n) is 3.19. The Labute approximate surface area is 113 Å². The van der Waals surface area contributed by atoms with Crippen LogP contribution < -0.4 is 0 Å². The summed E-state index contributed by atoms with van der Waals surface area (Å²) in [6, 6.07) is 6.99. The van der Waals surface area contributed by atoms with Gasteiger partial charge in [0.1, 0.15) is 0 Å². The molecule has 0 aromatic heterocycles. The van der Waals surface area contributed by atoms with E-state index >= 15 is 0 Å². The number of unbranched alkanes of at least 4 members (excludes halogenated alkanes) is 5. The molecular formula is C18H28. The van der Waals surface area contributed by atoms with Crippen LogP contribution in [0.15, 0.2) is 18.2 Å². The van der Waals surface area contributed by atoms with E-state index in [0.29, 0.717) is 0 Å². The van der Waals surface area contributed by atoms with Crippen molar-refractivity contribution in [3.05, 3.63) is 34.9 Å². The normalized spacial score (nSPS) is 14.5. The van der Waals surface area contributed by atoms with Crippen molar-refractivity contribution in [3.8, 4) is 0 Å². The monoisotopic (exact) mass is 244 g/mol. The van der Waals surface area contributed by atoms with Gasteiger partial charge in [-0.3, -0.25) is 0 Å². The minimum atomic E-state index is 1.31. The number of hydrogen-bond acceptors (Lipinski definition) is 0. The van der Waals surface area contributed by atoms with Crippen molar-refractivity contribution in [3.63, 3.8) is 0 Å². The molecule has 0 nitrogen and oxygen atoms in total. The fraction of sp³-hybridized carbons (Fsp3) is 0.667. The highest BCUT2D eigenvalue weighted by atomic mass is 14.2. The van der Waals surface area contributed by atoms with Gasteiger partial charge < -0.3 is 0 Å². The number of hydrogen-bond donors (Lipinski definition) is 0. The lowest BCUT2D eigenvalue weighted by atomic mass is 9.86. The molecule has 1 aliphatic rings. The van der Waals surface area contributed by atoms with Gasteiger partial charge in [-0.25, -0.2) is 0 Å². The van der Waals surface area contributed by atoms with Crippen LogP contribution >= 0.6 is 0 Å². The minimum Gasteiger partial charge on any atom is -0.0654 e. The molecule has 0 aliphatic heterocycles. The molecule has 100 valence electrons. The summed E-state index contributed by atoms with van der Waals surface area (Å²) in [4.78, 5) is 0. The van der Waals surface area contributed by atoms with Crippen molar-refractivity contribution >= 4 is 0 Å². The van der Waals surface area contributed by atoms with Crippen LogP contribution in [0.2, 0.25) is 0 Å². The van der Waals surface area contributed by atoms with Crippen LogP contribution in [-0.2, 0) is 19.3 Å². The zero-order valence-corrected chi connectivity index (χ0v) is 12.0. The summed E-state index contributed by atoms with van der Waals surface area (Å²) in [7, 11) is 0. The molecule has 0 bridgehead atoms. The van der Waals surface area contributed by atoms with Gasteiger partial charge in [0.15, 0.2) is 0 Å². The average Bonchev–Trinajstić information content (AvgIpc) is 2.43. The van der Waals surface area contributed by atoms with Gasteiger partial charge in [0.05, 0.1) is 0 Å². The summed E-state index contributed by atoms with van der Waals surface area (Å²) in [5.41, 5.74) is 5.00. The van der Waals surface area contributed by atoms with E-state index in [9.17, 15) is 0 Å². The highest BCUT2D eigenvalue weighted by Gasteiger charge is 2.12. The average molecular weight is 244 g/mol. The quantitative estimate of drug-likeness (QED) is 0.558. The van der Waals surface area contributed by atoms with E-state index in [0.717, 1.165) is 0 Å². The SMILES string of the molecule is CCCCCCCCc1cccc2c1CCCC2. The topological polar surface area (TPSA) is 0 Å². The highest BCUT2D eigenvalue weighted by Crippen LogP contribution is 2.25. The molecule has 18 heavy (non-hydrogen) atoms. The van der Waals surface area contributed by atoms with Crippen LogP contribution in [-0.4, -0.2) is 0 Å². The molecule has 1 aromatic carbocycles. The molecule has 0 heteroatoms. The van der Waals surface area contributed by atoms with Crippen molar-refractivity contribution in [2.24, 2.45) is 0 Å². The molecule has 0 atom stereocenters. The predicted molar refractivity (Wildman–Crippen MR) is 80.2 cm³/mol. The van der Waals surface area contributed by atoms with Crippen LogP contribution in [0, 0.1) is 0 Å². The zero-order valence-electron chi connectivity index (χ0n) is 12.0. The second kappa shape index (κ2) is 7.61. The molecule has 0 saturated heterocycles. The molecule has 0 saturated carbocycles. The molecule has 1 aliphatic carbocycles. The van der Waals surface area contributed by atoms with Crippen LogP contribution in [0.4, 0.5) is 0 Å². The number of fused-ring (bicyclic) bond motifs is 1. The predicted octanol–water partition coefficient (Wildman–Crippen LogP) is 5.47. The Kier molecular flexibility index (Phi) is 5.77. The van der Waals surface area contributed by atoms with E-state index in [-0.39, 0.29) is 0 Å². The van der Waals surface area contributed by atoms with E-state index in [4.69, 9.17) is 0 Å². The Bertz CT molecular complexity index is 351. The number of benzene rings is 1.